The third-order valence-corrected chi connectivity index (χ3v) is 5.09. The molecule has 4 rings (SSSR count). The van der Waals surface area contributed by atoms with Gasteiger partial charge in [-0.2, -0.15) is 15.1 Å². The van der Waals surface area contributed by atoms with Crippen molar-refractivity contribution in [2.24, 2.45) is 5.10 Å². The van der Waals surface area contributed by atoms with Crippen molar-refractivity contribution in [1.82, 2.24) is 9.97 Å². The molecule has 1 aromatic carbocycles. The Morgan fingerprint density at radius 3 is 2.77 bits per heavy atom. The molecule has 30 heavy (non-hydrogen) atoms. The van der Waals surface area contributed by atoms with E-state index in [1.54, 1.807) is 13.8 Å². The lowest BCUT2D eigenvalue weighted by atomic mass is 10.1. The number of aromatic nitrogens is 2. The minimum absolute atomic E-state index is 0.0974. The predicted octanol–water partition coefficient (Wildman–Crippen LogP) is 2.53. The number of hydrogen-bond donors (Lipinski definition) is 2. The number of rotatable bonds is 6. The molecule has 2 aromatic rings. The molecular weight excluding hydrogens is 382 g/mol. The zero-order valence-corrected chi connectivity index (χ0v) is 17.8. The second-order valence-electron chi connectivity index (χ2n) is 8.43. The average Bonchev–Trinajstić information content (AvgIpc) is 3.13. The van der Waals surface area contributed by atoms with Crippen LogP contribution in [-0.2, 0) is 11.2 Å². The van der Waals surface area contributed by atoms with E-state index in [1.807, 2.05) is 6.07 Å². The van der Waals surface area contributed by atoms with Gasteiger partial charge in [0.1, 0.15) is 12.4 Å². The molecular formula is C22H29N5O3. The molecule has 0 atom stereocenters. The van der Waals surface area contributed by atoms with Crippen LogP contribution in [0, 0.1) is 6.92 Å². The van der Waals surface area contributed by atoms with E-state index in [1.165, 1.54) is 16.7 Å². The topological polar surface area (TPSA) is 92.1 Å². The molecule has 0 bridgehead atoms. The molecule has 0 radical (unpaired) electrons. The fourth-order valence-corrected chi connectivity index (χ4v) is 3.54. The minimum atomic E-state index is -0.975. The summed E-state index contributed by atoms with van der Waals surface area (Å²) < 4.78 is 11.1. The maximum Gasteiger partial charge on any atom is 0.320 e. The second-order valence-corrected chi connectivity index (χ2v) is 8.43. The third kappa shape index (κ3) is 5.06. The average molecular weight is 412 g/mol. The Hall–Kier alpha value is -2.71. The van der Waals surface area contributed by atoms with Gasteiger partial charge < -0.3 is 19.5 Å². The summed E-state index contributed by atoms with van der Waals surface area (Å²) in [5, 5.41) is 14.6. The van der Waals surface area contributed by atoms with Gasteiger partial charge >= 0.3 is 6.01 Å². The van der Waals surface area contributed by atoms with Crippen LogP contribution < -0.4 is 15.1 Å². The van der Waals surface area contributed by atoms with Gasteiger partial charge in [0.25, 0.3) is 0 Å². The molecule has 0 saturated carbocycles. The van der Waals surface area contributed by atoms with Crippen molar-refractivity contribution in [1.29, 1.82) is 0 Å². The monoisotopic (exact) mass is 411 g/mol. The van der Waals surface area contributed by atoms with Crippen LogP contribution in [0.25, 0.3) is 0 Å². The van der Waals surface area contributed by atoms with E-state index >= 15 is 0 Å². The predicted molar refractivity (Wildman–Crippen MR) is 117 cm³/mol. The highest BCUT2D eigenvalue weighted by molar-refractivity contribution is 6.04. The zero-order valence-electron chi connectivity index (χ0n) is 17.8. The maximum atomic E-state index is 9.98. The molecule has 1 aliphatic heterocycles. The molecule has 8 heteroatoms. The summed E-state index contributed by atoms with van der Waals surface area (Å²) in [5.74, 6) is 1.32. The number of aliphatic hydroxyl groups is 1. The van der Waals surface area contributed by atoms with Crippen molar-refractivity contribution >= 4 is 17.3 Å². The minimum Gasteiger partial charge on any atom is -0.460 e. The van der Waals surface area contributed by atoms with Crippen molar-refractivity contribution < 1.29 is 14.6 Å². The first-order valence-electron chi connectivity index (χ1n) is 10.4. The van der Waals surface area contributed by atoms with E-state index in [2.05, 4.69) is 50.5 Å². The quantitative estimate of drug-likeness (QED) is 0.706. The van der Waals surface area contributed by atoms with Crippen molar-refractivity contribution in [2.45, 2.75) is 39.2 Å². The van der Waals surface area contributed by atoms with Crippen molar-refractivity contribution in [3.63, 3.8) is 0 Å². The van der Waals surface area contributed by atoms with Gasteiger partial charge in [-0.3, -0.25) is 5.43 Å². The molecule has 2 heterocycles. The van der Waals surface area contributed by atoms with Gasteiger partial charge in [-0.1, -0.05) is 17.7 Å². The molecule has 1 saturated heterocycles. The van der Waals surface area contributed by atoms with E-state index in [-0.39, 0.29) is 12.6 Å². The molecule has 0 amide bonds. The van der Waals surface area contributed by atoms with Crippen LogP contribution in [0.4, 0.5) is 11.6 Å². The molecule has 2 aliphatic rings. The summed E-state index contributed by atoms with van der Waals surface area (Å²) in [6, 6.07) is 8.59. The molecule has 8 nitrogen and oxygen atoms in total. The maximum absolute atomic E-state index is 9.98. The number of anilines is 2. The van der Waals surface area contributed by atoms with E-state index in [0.717, 1.165) is 37.5 Å². The zero-order chi connectivity index (χ0) is 21.1. The van der Waals surface area contributed by atoms with Crippen LogP contribution in [0.5, 0.6) is 6.01 Å². The summed E-state index contributed by atoms with van der Waals surface area (Å²) in [6.07, 6.45) is 1.90. The lowest BCUT2D eigenvalue weighted by molar-refractivity contribution is 0.0250. The highest BCUT2D eigenvalue weighted by Crippen LogP contribution is 2.25. The second kappa shape index (κ2) is 8.57. The molecule has 1 aromatic heterocycles. The molecule has 160 valence electrons. The number of nitrogens with zero attached hydrogens (tertiary/aromatic N) is 4. The van der Waals surface area contributed by atoms with Gasteiger partial charge in [0.2, 0.25) is 0 Å². The van der Waals surface area contributed by atoms with Gasteiger partial charge in [-0.05, 0) is 45.2 Å². The van der Waals surface area contributed by atoms with Crippen molar-refractivity contribution in [3.8, 4) is 6.01 Å². The van der Waals surface area contributed by atoms with E-state index in [4.69, 9.17) is 9.47 Å². The Labute approximate surface area is 176 Å². The summed E-state index contributed by atoms with van der Waals surface area (Å²) in [7, 11) is 0. The molecule has 1 aliphatic carbocycles. The van der Waals surface area contributed by atoms with Crippen LogP contribution in [0.15, 0.2) is 29.4 Å². The van der Waals surface area contributed by atoms with Crippen LogP contribution >= 0.6 is 0 Å². The lowest BCUT2D eigenvalue weighted by Crippen LogP contribution is -2.37. The fourth-order valence-electron chi connectivity index (χ4n) is 3.54. The van der Waals surface area contributed by atoms with Gasteiger partial charge in [0.05, 0.1) is 24.5 Å². The Balaban J connectivity index is 1.58. The molecule has 1 fully saturated rings. The van der Waals surface area contributed by atoms with E-state index < -0.39 is 5.60 Å². The number of benzene rings is 1. The molecule has 0 spiro atoms. The number of hydrogen-bond acceptors (Lipinski definition) is 8. The van der Waals surface area contributed by atoms with Crippen molar-refractivity contribution in [2.75, 3.05) is 43.2 Å². The third-order valence-electron chi connectivity index (χ3n) is 5.09. The smallest absolute Gasteiger partial charge is 0.320 e. The highest BCUT2D eigenvalue weighted by atomic mass is 16.5. The Morgan fingerprint density at radius 1 is 1.20 bits per heavy atom. The number of aryl methyl sites for hydroxylation is 2. The normalized spacial score (nSPS) is 17.9. The summed E-state index contributed by atoms with van der Waals surface area (Å²) in [5.41, 5.74) is 6.90. The standard InChI is InChI=1S/C22H29N5O3/c1-15-4-5-16-6-7-18(17(16)12-15)25-26-19-13-20(27-8-10-29-11-9-27)24-21(23-19)30-14-22(2,3)28/h4-5,12-13,28H,6-11,14H2,1-3H3,(H,23,24,26)/b25-18-. The molecule has 0 unspecified atom stereocenters. The first-order chi connectivity index (χ1) is 14.4. The summed E-state index contributed by atoms with van der Waals surface area (Å²) in [6.45, 7) is 8.38. The largest absolute Gasteiger partial charge is 0.460 e. The highest BCUT2D eigenvalue weighted by Gasteiger charge is 2.20. The van der Waals surface area contributed by atoms with Gasteiger partial charge in [0.15, 0.2) is 5.82 Å². The van der Waals surface area contributed by atoms with Gasteiger partial charge in [0, 0.05) is 24.7 Å². The first kappa shape index (κ1) is 20.6. The number of hydrazone groups is 1. The SMILES string of the molecule is Cc1ccc2c(c1)/C(=N\Nc1cc(N3CCOCC3)nc(OCC(C)(C)O)n1)CC2. The summed E-state index contributed by atoms with van der Waals surface area (Å²) in [4.78, 5) is 11.1. The van der Waals surface area contributed by atoms with Crippen LogP contribution in [-0.4, -0.2) is 59.3 Å². The Bertz CT molecular complexity index is 933. The van der Waals surface area contributed by atoms with E-state index in [0.29, 0.717) is 19.0 Å². The Morgan fingerprint density at radius 2 is 2.00 bits per heavy atom. The van der Waals surface area contributed by atoms with Crippen LogP contribution in [0.2, 0.25) is 0 Å². The summed E-state index contributed by atoms with van der Waals surface area (Å²) >= 11 is 0. The molecule has 2 N–H and O–H groups in total. The Kier molecular flexibility index (Phi) is 5.87. The first-order valence-corrected chi connectivity index (χ1v) is 10.4. The van der Waals surface area contributed by atoms with E-state index in [9.17, 15) is 5.11 Å². The van der Waals surface area contributed by atoms with Crippen LogP contribution in [0.1, 0.15) is 37.0 Å². The number of morpholine rings is 1. The van der Waals surface area contributed by atoms with Crippen LogP contribution in [0.3, 0.4) is 0 Å². The lowest BCUT2D eigenvalue weighted by Gasteiger charge is -2.28. The number of ether oxygens (including phenoxy) is 2. The number of fused-ring (bicyclic) bond motifs is 1. The van der Waals surface area contributed by atoms with Crippen molar-refractivity contribution in [3.05, 3.63) is 41.0 Å². The number of nitrogens with one attached hydrogen (secondary N) is 1. The fraction of sp³-hybridized carbons (Fsp3) is 0.500. The van der Waals surface area contributed by atoms with Gasteiger partial charge in [-0.25, -0.2) is 0 Å². The van der Waals surface area contributed by atoms with Gasteiger partial charge in [-0.15, -0.1) is 0 Å².